The Hall–Kier alpha value is -1.71. The number of pyridine rings is 1. The van der Waals surface area contributed by atoms with Crippen molar-refractivity contribution >= 4 is 29.9 Å². The molecule has 8 heteroatoms. The first-order valence-electron chi connectivity index (χ1n) is 7.62. The Bertz CT molecular complexity index is 583. The van der Waals surface area contributed by atoms with Gasteiger partial charge in [-0.15, -0.1) is 34.2 Å². The summed E-state index contributed by atoms with van der Waals surface area (Å²) < 4.78 is 2.05. The molecule has 2 rings (SSSR count). The van der Waals surface area contributed by atoms with E-state index in [-0.39, 0.29) is 24.0 Å². The number of aliphatic imine (C=N–C) groups is 1. The number of aryl methyl sites for hydroxylation is 1. The lowest BCUT2D eigenvalue weighted by Gasteiger charge is -2.12. The molecule has 0 spiro atoms. The van der Waals surface area contributed by atoms with Crippen molar-refractivity contribution in [3.8, 4) is 0 Å². The molecule has 2 heterocycles. The molecule has 2 aromatic rings. The number of hydrogen-bond acceptors (Lipinski definition) is 4. The van der Waals surface area contributed by atoms with E-state index in [0.717, 1.165) is 43.5 Å². The number of rotatable bonds is 7. The molecule has 2 aromatic heterocycles. The van der Waals surface area contributed by atoms with E-state index in [1.54, 1.807) is 12.5 Å². The standard InChI is InChI=1S/C15H23N7.HI/c1-3-14-21-20-12-22(14)10-9-18-15(16-4-2)19-11-13-7-5-6-8-17-13;/h5-8,12H,3-4,9-11H2,1-2H3,(H2,16,18,19);1H. The van der Waals surface area contributed by atoms with Crippen LogP contribution < -0.4 is 10.6 Å². The van der Waals surface area contributed by atoms with Gasteiger partial charge in [0.15, 0.2) is 5.96 Å². The molecular weight excluding hydrogens is 405 g/mol. The minimum atomic E-state index is 0. The van der Waals surface area contributed by atoms with E-state index in [0.29, 0.717) is 6.54 Å². The predicted molar refractivity (Wildman–Crippen MR) is 102 cm³/mol. The molecule has 0 bridgehead atoms. The van der Waals surface area contributed by atoms with Crippen molar-refractivity contribution in [3.63, 3.8) is 0 Å². The highest BCUT2D eigenvalue weighted by Crippen LogP contribution is 1.96. The van der Waals surface area contributed by atoms with Gasteiger partial charge < -0.3 is 15.2 Å². The van der Waals surface area contributed by atoms with Crippen LogP contribution in [0.15, 0.2) is 35.7 Å². The summed E-state index contributed by atoms with van der Waals surface area (Å²) in [6.07, 6.45) is 4.43. The third-order valence-corrected chi connectivity index (χ3v) is 3.13. The summed E-state index contributed by atoms with van der Waals surface area (Å²) in [5, 5.41) is 14.6. The Labute approximate surface area is 154 Å². The molecule has 0 radical (unpaired) electrons. The van der Waals surface area contributed by atoms with Crippen LogP contribution in [-0.2, 0) is 19.5 Å². The number of hydrogen-bond donors (Lipinski definition) is 2. The van der Waals surface area contributed by atoms with Gasteiger partial charge in [0, 0.05) is 32.3 Å². The predicted octanol–water partition coefficient (Wildman–Crippen LogP) is 1.61. The van der Waals surface area contributed by atoms with Gasteiger partial charge in [0.25, 0.3) is 0 Å². The summed E-state index contributed by atoms with van der Waals surface area (Å²) in [6, 6.07) is 5.84. The molecule has 0 aromatic carbocycles. The van der Waals surface area contributed by atoms with E-state index in [1.807, 2.05) is 25.1 Å². The van der Waals surface area contributed by atoms with E-state index in [2.05, 4.69) is 42.3 Å². The summed E-state index contributed by atoms with van der Waals surface area (Å²) in [6.45, 7) is 7.08. The molecule has 0 unspecified atom stereocenters. The second kappa shape index (κ2) is 10.9. The van der Waals surface area contributed by atoms with Gasteiger partial charge in [-0.3, -0.25) is 4.98 Å². The monoisotopic (exact) mass is 429 g/mol. The Morgan fingerprint density at radius 2 is 2.13 bits per heavy atom. The molecule has 0 saturated carbocycles. The SMILES string of the molecule is CCNC(=NCc1ccccn1)NCCn1cnnc1CC.I. The lowest BCUT2D eigenvalue weighted by molar-refractivity contribution is 0.632. The third-order valence-electron chi connectivity index (χ3n) is 3.13. The molecular formula is C15H24IN7. The van der Waals surface area contributed by atoms with Crippen molar-refractivity contribution in [3.05, 3.63) is 42.2 Å². The van der Waals surface area contributed by atoms with E-state index in [4.69, 9.17) is 0 Å². The molecule has 0 fully saturated rings. The van der Waals surface area contributed by atoms with Crippen LogP contribution in [0.1, 0.15) is 25.4 Å². The van der Waals surface area contributed by atoms with E-state index < -0.39 is 0 Å². The fraction of sp³-hybridized carbons (Fsp3) is 0.467. The van der Waals surface area contributed by atoms with E-state index in [9.17, 15) is 0 Å². The molecule has 0 aliphatic carbocycles. The summed E-state index contributed by atoms with van der Waals surface area (Å²) in [4.78, 5) is 8.81. The summed E-state index contributed by atoms with van der Waals surface area (Å²) in [5.41, 5.74) is 0.951. The van der Waals surface area contributed by atoms with Gasteiger partial charge in [0.2, 0.25) is 0 Å². The van der Waals surface area contributed by atoms with Gasteiger partial charge >= 0.3 is 0 Å². The zero-order valence-corrected chi connectivity index (χ0v) is 15.9. The van der Waals surface area contributed by atoms with Crippen molar-refractivity contribution in [2.45, 2.75) is 33.4 Å². The van der Waals surface area contributed by atoms with Gasteiger partial charge in [-0.2, -0.15) is 0 Å². The molecule has 0 amide bonds. The van der Waals surface area contributed by atoms with Crippen molar-refractivity contribution in [2.24, 2.45) is 4.99 Å². The minimum absolute atomic E-state index is 0. The molecule has 0 atom stereocenters. The van der Waals surface area contributed by atoms with Gasteiger partial charge in [0.1, 0.15) is 12.2 Å². The van der Waals surface area contributed by atoms with Crippen LogP contribution in [0.25, 0.3) is 0 Å². The number of nitrogens with one attached hydrogen (secondary N) is 2. The van der Waals surface area contributed by atoms with Crippen LogP contribution >= 0.6 is 24.0 Å². The summed E-state index contributed by atoms with van der Waals surface area (Å²) >= 11 is 0. The van der Waals surface area contributed by atoms with Crippen molar-refractivity contribution in [1.29, 1.82) is 0 Å². The number of guanidine groups is 1. The Morgan fingerprint density at radius 1 is 1.26 bits per heavy atom. The number of nitrogens with zero attached hydrogens (tertiary/aromatic N) is 5. The first kappa shape index (κ1) is 19.3. The smallest absolute Gasteiger partial charge is 0.191 e. The first-order valence-corrected chi connectivity index (χ1v) is 7.62. The highest BCUT2D eigenvalue weighted by molar-refractivity contribution is 14.0. The molecule has 0 aliphatic heterocycles. The Kier molecular flexibility index (Phi) is 9.18. The normalized spacial score (nSPS) is 11.0. The Morgan fingerprint density at radius 3 is 2.83 bits per heavy atom. The minimum Gasteiger partial charge on any atom is -0.357 e. The molecule has 126 valence electrons. The number of aromatic nitrogens is 4. The highest BCUT2D eigenvalue weighted by atomic mass is 127. The van der Waals surface area contributed by atoms with Crippen LogP contribution in [0.4, 0.5) is 0 Å². The summed E-state index contributed by atoms with van der Waals surface area (Å²) in [5.74, 6) is 1.79. The van der Waals surface area contributed by atoms with Crippen molar-refractivity contribution < 1.29 is 0 Å². The first-order chi connectivity index (χ1) is 10.8. The quantitative estimate of drug-likeness (QED) is 0.397. The van der Waals surface area contributed by atoms with Crippen molar-refractivity contribution in [1.82, 2.24) is 30.4 Å². The van der Waals surface area contributed by atoms with Crippen LogP contribution in [0.2, 0.25) is 0 Å². The molecule has 0 aliphatic rings. The average molecular weight is 429 g/mol. The van der Waals surface area contributed by atoms with E-state index >= 15 is 0 Å². The van der Waals surface area contributed by atoms with Crippen LogP contribution in [0.5, 0.6) is 0 Å². The van der Waals surface area contributed by atoms with Gasteiger partial charge in [-0.1, -0.05) is 13.0 Å². The average Bonchev–Trinajstić information content (AvgIpc) is 3.01. The third kappa shape index (κ3) is 6.51. The van der Waals surface area contributed by atoms with Crippen LogP contribution in [0.3, 0.4) is 0 Å². The van der Waals surface area contributed by atoms with E-state index in [1.165, 1.54) is 0 Å². The van der Waals surface area contributed by atoms with Gasteiger partial charge in [-0.05, 0) is 19.1 Å². The lowest BCUT2D eigenvalue weighted by Crippen LogP contribution is -2.39. The largest absolute Gasteiger partial charge is 0.357 e. The lowest BCUT2D eigenvalue weighted by atomic mass is 10.3. The second-order valence-corrected chi connectivity index (χ2v) is 4.74. The fourth-order valence-corrected chi connectivity index (χ4v) is 2.03. The second-order valence-electron chi connectivity index (χ2n) is 4.74. The molecule has 23 heavy (non-hydrogen) atoms. The molecule has 0 saturated heterocycles. The van der Waals surface area contributed by atoms with Crippen molar-refractivity contribution in [2.75, 3.05) is 13.1 Å². The maximum Gasteiger partial charge on any atom is 0.191 e. The zero-order chi connectivity index (χ0) is 15.6. The maximum atomic E-state index is 4.54. The van der Waals surface area contributed by atoms with Crippen LogP contribution in [0, 0.1) is 0 Å². The van der Waals surface area contributed by atoms with Gasteiger partial charge in [-0.25, -0.2) is 4.99 Å². The Balaban J connectivity index is 0.00000264. The molecule has 7 nitrogen and oxygen atoms in total. The molecule has 2 N–H and O–H groups in total. The maximum absolute atomic E-state index is 4.54. The fourth-order valence-electron chi connectivity index (χ4n) is 2.03. The zero-order valence-electron chi connectivity index (χ0n) is 13.6. The topological polar surface area (TPSA) is 80.0 Å². The van der Waals surface area contributed by atoms with Crippen LogP contribution in [-0.4, -0.2) is 38.8 Å². The van der Waals surface area contributed by atoms with Gasteiger partial charge in [0.05, 0.1) is 12.2 Å². The summed E-state index contributed by atoms with van der Waals surface area (Å²) in [7, 11) is 0. The number of halogens is 1. The highest BCUT2D eigenvalue weighted by Gasteiger charge is 2.02.